The van der Waals surface area contributed by atoms with Crippen LogP contribution < -0.4 is 42.5 Å². The lowest BCUT2D eigenvalue weighted by Crippen LogP contribution is -2.51. The molecule has 10 aromatic carbocycles. The minimum Gasteiger partial charge on any atom is -0.480 e. The lowest BCUT2D eigenvalue weighted by Gasteiger charge is -2.21. The highest BCUT2D eigenvalue weighted by molar-refractivity contribution is 7.09. The summed E-state index contributed by atoms with van der Waals surface area (Å²) in [5, 5.41) is 53.6. The van der Waals surface area contributed by atoms with Crippen molar-refractivity contribution in [2.75, 3.05) is 0 Å². The third-order valence-corrected chi connectivity index (χ3v) is 19.6. The molecule has 33 heteroatoms. The Morgan fingerprint density at radius 1 is 0.302 bits per heavy atom. The van der Waals surface area contributed by atoms with Crippen LogP contribution in [-0.2, 0) is 120 Å². The Labute approximate surface area is 721 Å². The number of hydrogen-bond acceptors (Lipinski definition) is 14. The van der Waals surface area contributed by atoms with Crippen LogP contribution in [0.5, 0.6) is 0 Å². The molecule has 0 bridgehead atoms. The maximum atomic E-state index is 13.4. The first-order valence-electron chi connectivity index (χ1n) is 39.1. The molecular formula is C93H88F8N8O16S. The summed E-state index contributed by atoms with van der Waals surface area (Å²) in [5.74, 6) is -15.7. The summed E-state index contributed by atoms with van der Waals surface area (Å²) in [5.41, 5.74) is 3.62. The highest BCUT2D eigenvalue weighted by Crippen LogP contribution is 2.23. The Balaban J connectivity index is 0.000000209. The molecule has 126 heavy (non-hydrogen) atoms. The van der Waals surface area contributed by atoms with Crippen LogP contribution in [0.1, 0.15) is 77.1 Å². The highest BCUT2D eigenvalue weighted by atomic mass is 32.1. The molecule has 0 saturated carbocycles. The van der Waals surface area contributed by atoms with Crippen LogP contribution in [0.3, 0.4) is 0 Å². The van der Waals surface area contributed by atoms with Gasteiger partial charge in [-0.2, -0.15) is 0 Å². The third-order valence-electron chi connectivity index (χ3n) is 18.7. The van der Waals surface area contributed by atoms with Crippen molar-refractivity contribution in [2.45, 2.75) is 134 Å². The number of carbonyl (C=O) groups excluding carboxylic acids is 9. The number of carboxylic acids is 3. The predicted octanol–water partition coefficient (Wildman–Crippen LogP) is 11.3. The quantitative estimate of drug-likeness (QED) is 0.0132. The summed E-state index contributed by atoms with van der Waals surface area (Å²) in [6.07, 6.45) is -0.828. The number of rotatable bonds is 34. The van der Waals surface area contributed by atoms with Crippen molar-refractivity contribution in [3.05, 3.63) is 332 Å². The fourth-order valence-electron chi connectivity index (χ4n) is 12.6. The molecular weight excluding hydrogens is 1670 g/mol. The number of halogens is 8. The average molecular weight is 1760 g/mol. The van der Waals surface area contributed by atoms with Crippen LogP contribution >= 0.6 is 11.3 Å². The van der Waals surface area contributed by atoms with Crippen LogP contribution in [0.25, 0.3) is 21.5 Å². The first kappa shape index (κ1) is 97.0. The van der Waals surface area contributed by atoms with Crippen molar-refractivity contribution in [1.82, 2.24) is 42.5 Å². The molecule has 11 N–H and O–H groups in total. The van der Waals surface area contributed by atoms with E-state index in [0.717, 1.165) is 97.2 Å². The zero-order chi connectivity index (χ0) is 91.7. The van der Waals surface area contributed by atoms with Crippen molar-refractivity contribution in [1.29, 1.82) is 0 Å². The van der Waals surface area contributed by atoms with Gasteiger partial charge in [-0.25, -0.2) is 54.3 Å². The number of aliphatic carboxylic acids is 3. The van der Waals surface area contributed by atoms with E-state index in [4.69, 9.17) is 4.74 Å². The standard InChI is InChI=1S/C27H26F2N2O4.2C24H22F2N2O4.C18H18F2N2O4S/c1-18(30-25(32)15-21-12-22(28)16-23(29)13-21)26(33)31-24(14-19-8-4-2-5-9-19)27(34)35-17-20-10-6-3-7-11-20;1-14(27-22(29)11-15-9-18(25)13-19(26)10-15)23(30)28-21(24(31)32)12-17-7-4-6-16-5-2-3-8-20(16)17;1-14(27-22(29)12-16-9-19(25)13-20(26)10-16)23(30)28-21(24(31)32)11-15-6-7-17-4-2-3-5-18(17)8-15;1-10(21-16(23)7-11-5-12(19)8-13(20)6-11)17(24)22-15(18(25)26)9-14-3-2-4-27-14/h2-13,16,18,24H,14-15,17H2,1H3,(H,30,32)(H,31,33);2*2-10,13-14,21H,11-12H2,1H3,(H,27,29)(H,28,30)(H,31,32);2-6,8,10,15H,7,9H2,1H3,(H,21,23)(H,22,24)(H,25,26)/t18-,24-;2*14-,21-;10-,15-/m0000/s1. The van der Waals surface area contributed by atoms with Crippen molar-refractivity contribution < 1.29 is 113 Å². The molecule has 0 fully saturated rings. The zero-order valence-corrected chi connectivity index (χ0v) is 68.9. The van der Waals surface area contributed by atoms with E-state index in [2.05, 4.69) is 42.5 Å². The lowest BCUT2D eigenvalue weighted by atomic mass is 9.98. The molecule has 11 rings (SSSR count). The number of nitrogens with one attached hydrogen (secondary N) is 8. The van der Waals surface area contributed by atoms with Gasteiger partial charge in [0, 0.05) is 54.8 Å². The second-order valence-electron chi connectivity index (χ2n) is 29.0. The minimum absolute atomic E-state index is 0.0529. The Kier molecular flexibility index (Phi) is 36.8. The van der Waals surface area contributed by atoms with E-state index in [-0.39, 0.29) is 80.2 Å². The third kappa shape index (κ3) is 32.7. The summed E-state index contributed by atoms with van der Waals surface area (Å²) in [6, 6.07) is 50.5. The van der Waals surface area contributed by atoms with Crippen molar-refractivity contribution in [2.24, 2.45) is 0 Å². The van der Waals surface area contributed by atoms with Crippen LogP contribution in [0, 0.1) is 46.5 Å². The molecule has 0 radical (unpaired) electrons. The number of amides is 8. The highest BCUT2D eigenvalue weighted by Gasteiger charge is 2.31. The topological polar surface area (TPSA) is 371 Å². The minimum atomic E-state index is -1.21. The van der Waals surface area contributed by atoms with E-state index >= 15 is 0 Å². The van der Waals surface area contributed by atoms with E-state index in [1.54, 1.807) is 29.6 Å². The number of ether oxygens (including phenoxy) is 1. The molecule has 0 spiro atoms. The largest absolute Gasteiger partial charge is 0.480 e. The fourth-order valence-corrected chi connectivity index (χ4v) is 13.4. The number of thiophene rings is 1. The number of carboxylic acid groups (broad SMARTS) is 3. The molecule has 8 atom stereocenters. The molecule has 0 aliphatic heterocycles. The maximum absolute atomic E-state index is 13.4. The average Bonchev–Trinajstić information content (AvgIpc) is 0.902. The van der Waals surface area contributed by atoms with Gasteiger partial charge in [-0.15, -0.1) is 11.3 Å². The summed E-state index contributed by atoms with van der Waals surface area (Å²) < 4.78 is 112. The fraction of sp³-hybridized carbons (Fsp3) is 0.226. The Hall–Kier alpha value is -14.5. The van der Waals surface area contributed by atoms with Gasteiger partial charge < -0.3 is 62.6 Å². The SMILES string of the molecule is C[C@H](NC(=O)Cc1cc(F)cc(F)c1)C(=O)N[C@@H](Cc1ccc2ccccc2c1)C(=O)O.C[C@H](NC(=O)Cc1cc(F)cc(F)c1)C(=O)N[C@@H](Cc1cccc2ccccc12)C(=O)O.C[C@H](NC(=O)Cc1cc(F)cc(F)c1)C(=O)N[C@@H](Cc1ccccc1)C(=O)OCc1ccccc1.C[C@H](NC(=O)Cc1cc(F)cc(F)c1)C(=O)N[C@@H](Cc1cccs1)C(=O)O. The number of fused-ring (bicyclic) bond motifs is 2. The Bertz CT molecular complexity index is 5590. The first-order chi connectivity index (χ1) is 60.0. The smallest absolute Gasteiger partial charge is 0.329 e. The van der Waals surface area contributed by atoms with Crippen molar-refractivity contribution in [3.63, 3.8) is 0 Å². The monoisotopic (exact) mass is 1760 g/mol. The molecule has 8 amide bonds. The second-order valence-corrected chi connectivity index (χ2v) is 30.1. The van der Waals surface area contributed by atoms with Gasteiger partial charge >= 0.3 is 23.9 Å². The van der Waals surface area contributed by atoms with E-state index in [1.807, 2.05) is 133 Å². The molecule has 1 aromatic heterocycles. The summed E-state index contributed by atoms with van der Waals surface area (Å²) in [4.78, 5) is 147. The summed E-state index contributed by atoms with van der Waals surface area (Å²) in [6.45, 7) is 5.69. The Morgan fingerprint density at radius 2 is 0.635 bits per heavy atom. The van der Waals surface area contributed by atoms with Crippen LogP contribution in [0.15, 0.2) is 236 Å². The van der Waals surface area contributed by atoms with Gasteiger partial charge in [0.1, 0.15) is 101 Å². The van der Waals surface area contributed by atoms with Gasteiger partial charge in [-0.1, -0.05) is 152 Å². The van der Waals surface area contributed by atoms with Crippen LogP contribution in [0.2, 0.25) is 0 Å². The summed E-state index contributed by atoms with van der Waals surface area (Å²) in [7, 11) is 0. The predicted molar refractivity (Wildman–Crippen MR) is 451 cm³/mol. The molecule has 24 nitrogen and oxygen atoms in total. The van der Waals surface area contributed by atoms with Crippen LogP contribution in [0.4, 0.5) is 35.1 Å². The van der Waals surface area contributed by atoms with E-state index in [1.165, 1.54) is 39.0 Å². The van der Waals surface area contributed by atoms with E-state index < -0.39 is 166 Å². The van der Waals surface area contributed by atoms with Crippen molar-refractivity contribution in [3.8, 4) is 0 Å². The molecule has 11 aromatic rings. The van der Waals surface area contributed by atoms with Gasteiger partial charge in [-0.05, 0) is 154 Å². The lowest BCUT2D eigenvalue weighted by molar-refractivity contribution is -0.149. The van der Waals surface area contributed by atoms with Crippen molar-refractivity contribution >= 4 is 104 Å². The molecule has 0 unspecified atom stereocenters. The normalized spacial score (nSPS) is 12.6. The molecule has 0 aliphatic rings. The molecule has 0 aliphatic carbocycles. The first-order valence-corrected chi connectivity index (χ1v) is 39.9. The number of esters is 1. The van der Waals surface area contributed by atoms with E-state index in [0.29, 0.717) is 24.3 Å². The summed E-state index contributed by atoms with van der Waals surface area (Å²) >= 11 is 1.37. The Morgan fingerprint density at radius 3 is 1.02 bits per heavy atom. The van der Waals surface area contributed by atoms with Gasteiger partial charge in [0.05, 0.1) is 25.7 Å². The number of carbonyl (C=O) groups is 12. The number of hydrogen-bond donors (Lipinski definition) is 11. The zero-order valence-electron chi connectivity index (χ0n) is 68.1. The molecule has 1 heterocycles. The molecule has 658 valence electrons. The second kappa shape index (κ2) is 47.8. The van der Waals surface area contributed by atoms with Gasteiger partial charge in [0.15, 0.2) is 0 Å². The van der Waals surface area contributed by atoms with Gasteiger partial charge in [-0.3, -0.25) is 38.4 Å². The molecule has 0 saturated heterocycles. The number of benzene rings is 10. The maximum Gasteiger partial charge on any atom is 0.329 e. The van der Waals surface area contributed by atoms with Gasteiger partial charge in [0.25, 0.3) is 0 Å². The van der Waals surface area contributed by atoms with E-state index in [9.17, 15) is 108 Å². The van der Waals surface area contributed by atoms with Gasteiger partial charge in [0.2, 0.25) is 47.3 Å². The van der Waals surface area contributed by atoms with Crippen LogP contribution in [-0.4, -0.2) is 135 Å².